The van der Waals surface area contributed by atoms with E-state index in [1.54, 1.807) is 0 Å². The van der Waals surface area contributed by atoms with Gasteiger partial charge in [0, 0.05) is 18.3 Å². The van der Waals surface area contributed by atoms with Gasteiger partial charge in [-0.05, 0) is 52.7 Å². The molecule has 0 saturated heterocycles. The molecular weight excluding hydrogens is 220 g/mol. The average molecular weight is 246 g/mol. The van der Waals surface area contributed by atoms with Crippen molar-refractivity contribution >= 4 is 6.21 Å². The van der Waals surface area contributed by atoms with E-state index in [0.29, 0.717) is 0 Å². The summed E-state index contributed by atoms with van der Waals surface area (Å²) in [5.41, 5.74) is 2.61. The third kappa shape index (κ3) is 6.55. The van der Waals surface area contributed by atoms with Gasteiger partial charge in [0.25, 0.3) is 0 Å². The standard InChI is InChI=1S/C16H26N2/c1-15(2,3)17-11-13-7-9-14(10-8-13)12-18-16(4,5)6/h7-11,18H,12H2,1-6H3. The maximum absolute atomic E-state index is 4.50. The summed E-state index contributed by atoms with van der Waals surface area (Å²) in [4.78, 5) is 4.50. The van der Waals surface area contributed by atoms with Crippen LogP contribution in [0.15, 0.2) is 29.3 Å². The number of nitrogens with zero attached hydrogens (tertiary/aromatic N) is 1. The van der Waals surface area contributed by atoms with Crippen LogP contribution in [-0.2, 0) is 6.54 Å². The summed E-state index contributed by atoms with van der Waals surface area (Å²) < 4.78 is 0. The normalized spacial score (nSPS) is 13.2. The van der Waals surface area contributed by atoms with Crippen molar-refractivity contribution in [2.24, 2.45) is 4.99 Å². The van der Waals surface area contributed by atoms with Gasteiger partial charge in [0.05, 0.1) is 5.54 Å². The molecule has 0 fully saturated rings. The van der Waals surface area contributed by atoms with Gasteiger partial charge in [0.15, 0.2) is 0 Å². The second-order valence-electron chi connectivity index (χ2n) is 6.77. The molecule has 0 aliphatic carbocycles. The van der Waals surface area contributed by atoms with Crippen LogP contribution in [-0.4, -0.2) is 17.3 Å². The van der Waals surface area contributed by atoms with Crippen molar-refractivity contribution in [2.75, 3.05) is 0 Å². The van der Waals surface area contributed by atoms with Crippen molar-refractivity contribution in [2.45, 2.75) is 59.2 Å². The molecular formula is C16H26N2. The molecule has 1 N–H and O–H groups in total. The van der Waals surface area contributed by atoms with Crippen LogP contribution in [0.3, 0.4) is 0 Å². The predicted molar refractivity (Wildman–Crippen MR) is 80.4 cm³/mol. The molecule has 0 amide bonds. The number of rotatable bonds is 3. The first-order valence-corrected chi connectivity index (χ1v) is 6.55. The molecule has 0 aromatic heterocycles. The smallest absolute Gasteiger partial charge is 0.0524 e. The summed E-state index contributed by atoms with van der Waals surface area (Å²) in [5.74, 6) is 0. The number of benzene rings is 1. The fourth-order valence-corrected chi connectivity index (χ4v) is 1.36. The second kappa shape index (κ2) is 5.66. The molecule has 0 spiro atoms. The Kier molecular flexibility index (Phi) is 4.69. The highest BCUT2D eigenvalue weighted by Gasteiger charge is 2.08. The Hall–Kier alpha value is -1.15. The molecule has 2 heteroatoms. The van der Waals surface area contributed by atoms with E-state index in [4.69, 9.17) is 0 Å². The molecule has 0 heterocycles. The average Bonchev–Trinajstić information content (AvgIpc) is 2.23. The molecule has 0 aliphatic heterocycles. The van der Waals surface area contributed by atoms with Crippen LogP contribution in [0.1, 0.15) is 52.7 Å². The summed E-state index contributed by atoms with van der Waals surface area (Å²) in [6.45, 7) is 13.7. The highest BCUT2D eigenvalue weighted by atomic mass is 14.9. The maximum atomic E-state index is 4.50. The molecule has 18 heavy (non-hydrogen) atoms. The van der Waals surface area contributed by atoms with Crippen LogP contribution in [0.5, 0.6) is 0 Å². The Morgan fingerprint density at radius 3 is 2.00 bits per heavy atom. The van der Waals surface area contributed by atoms with E-state index < -0.39 is 0 Å². The van der Waals surface area contributed by atoms with Crippen LogP contribution >= 0.6 is 0 Å². The quantitative estimate of drug-likeness (QED) is 0.806. The van der Waals surface area contributed by atoms with Crippen LogP contribution in [0, 0.1) is 0 Å². The molecule has 1 aromatic rings. The lowest BCUT2D eigenvalue weighted by Crippen LogP contribution is -2.35. The van der Waals surface area contributed by atoms with E-state index in [2.05, 4.69) is 76.1 Å². The van der Waals surface area contributed by atoms with Crippen molar-refractivity contribution in [1.82, 2.24) is 5.32 Å². The molecule has 0 atom stereocenters. The third-order valence-electron chi connectivity index (χ3n) is 2.40. The number of hydrogen-bond acceptors (Lipinski definition) is 2. The molecule has 0 saturated carbocycles. The third-order valence-corrected chi connectivity index (χ3v) is 2.40. The van der Waals surface area contributed by atoms with Crippen LogP contribution in [0.4, 0.5) is 0 Å². The number of aliphatic imine (C=N–C) groups is 1. The zero-order valence-electron chi connectivity index (χ0n) is 12.5. The molecule has 2 nitrogen and oxygen atoms in total. The zero-order chi connectivity index (χ0) is 13.8. The van der Waals surface area contributed by atoms with Crippen molar-refractivity contribution in [1.29, 1.82) is 0 Å². The van der Waals surface area contributed by atoms with Crippen molar-refractivity contribution in [3.8, 4) is 0 Å². The fourth-order valence-electron chi connectivity index (χ4n) is 1.36. The minimum Gasteiger partial charge on any atom is -0.308 e. The summed E-state index contributed by atoms with van der Waals surface area (Å²) in [7, 11) is 0. The van der Waals surface area contributed by atoms with Gasteiger partial charge >= 0.3 is 0 Å². The van der Waals surface area contributed by atoms with Gasteiger partial charge in [-0.15, -0.1) is 0 Å². The zero-order valence-corrected chi connectivity index (χ0v) is 12.5. The second-order valence-corrected chi connectivity index (χ2v) is 6.77. The Labute approximate surface area is 112 Å². The Bertz CT molecular complexity index is 389. The van der Waals surface area contributed by atoms with Crippen molar-refractivity contribution in [3.05, 3.63) is 35.4 Å². The predicted octanol–water partition coefficient (Wildman–Crippen LogP) is 3.79. The minimum atomic E-state index is -0.00748. The first-order chi connectivity index (χ1) is 8.16. The molecule has 0 aliphatic rings. The van der Waals surface area contributed by atoms with Gasteiger partial charge in [-0.25, -0.2) is 0 Å². The van der Waals surface area contributed by atoms with Gasteiger partial charge in [-0.3, -0.25) is 4.99 Å². The number of hydrogen-bond donors (Lipinski definition) is 1. The first kappa shape index (κ1) is 14.9. The van der Waals surface area contributed by atoms with Gasteiger partial charge < -0.3 is 5.32 Å². The van der Waals surface area contributed by atoms with Gasteiger partial charge in [-0.2, -0.15) is 0 Å². The highest BCUT2D eigenvalue weighted by molar-refractivity contribution is 5.79. The summed E-state index contributed by atoms with van der Waals surface area (Å²) in [6, 6.07) is 8.55. The lowest BCUT2D eigenvalue weighted by Gasteiger charge is -2.20. The van der Waals surface area contributed by atoms with E-state index in [-0.39, 0.29) is 11.1 Å². The summed E-state index contributed by atoms with van der Waals surface area (Å²) in [5, 5.41) is 3.48. The molecule has 0 radical (unpaired) electrons. The maximum Gasteiger partial charge on any atom is 0.0524 e. The van der Waals surface area contributed by atoms with Crippen LogP contribution in [0.2, 0.25) is 0 Å². The monoisotopic (exact) mass is 246 g/mol. The van der Waals surface area contributed by atoms with E-state index in [1.807, 2.05) is 6.21 Å². The van der Waals surface area contributed by atoms with Crippen LogP contribution in [0.25, 0.3) is 0 Å². The van der Waals surface area contributed by atoms with E-state index in [0.717, 1.165) is 12.1 Å². The lowest BCUT2D eigenvalue weighted by atomic mass is 10.1. The van der Waals surface area contributed by atoms with Crippen molar-refractivity contribution < 1.29 is 0 Å². The Morgan fingerprint density at radius 2 is 1.56 bits per heavy atom. The first-order valence-electron chi connectivity index (χ1n) is 6.55. The molecule has 1 rings (SSSR count). The van der Waals surface area contributed by atoms with E-state index in [1.165, 1.54) is 5.56 Å². The highest BCUT2D eigenvalue weighted by Crippen LogP contribution is 2.09. The Morgan fingerprint density at radius 1 is 1.00 bits per heavy atom. The summed E-state index contributed by atoms with van der Waals surface area (Å²) in [6.07, 6.45) is 1.95. The number of nitrogens with one attached hydrogen (secondary N) is 1. The molecule has 1 aromatic carbocycles. The van der Waals surface area contributed by atoms with E-state index in [9.17, 15) is 0 Å². The molecule has 0 bridgehead atoms. The van der Waals surface area contributed by atoms with Gasteiger partial charge in [0.1, 0.15) is 0 Å². The van der Waals surface area contributed by atoms with Crippen molar-refractivity contribution in [3.63, 3.8) is 0 Å². The topological polar surface area (TPSA) is 24.4 Å². The lowest BCUT2D eigenvalue weighted by molar-refractivity contribution is 0.424. The Balaban J connectivity index is 2.61. The van der Waals surface area contributed by atoms with E-state index >= 15 is 0 Å². The fraction of sp³-hybridized carbons (Fsp3) is 0.562. The largest absolute Gasteiger partial charge is 0.308 e. The van der Waals surface area contributed by atoms with Gasteiger partial charge in [-0.1, -0.05) is 24.3 Å². The van der Waals surface area contributed by atoms with Crippen LogP contribution < -0.4 is 5.32 Å². The minimum absolute atomic E-state index is 0.00748. The molecule has 0 unspecified atom stereocenters. The molecule has 100 valence electrons. The van der Waals surface area contributed by atoms with Gasteiger partial charge in [0.2, 0.25) is 0 Å². The summed E-state index contributed by atoms with van der Waals surface area (Å²) >= 11 is 0. The SMILES string of the molecule is CC(C)(C)N=Cc1ccc(CNC(C)(C)C)cc1.